The maximum Gasteiger partial charge on any atom is 0.346 e. The number of esters is 1. The fraction of sp³-hybridized carbons (Fsp3) is 0.300. The second kappa shape index (κ2) is 7.88. The Morgan fingerprint density at radius 2 is 2.04 bits per heavy atom. The SMILES string of the molecule is COC(=O)[C@@H](C)Oc1ccc(Cl)c(Cn2c(C)cc3cc(OC)ncc32)c1. The molecular weight excluding hydrogens is 368 g/mol. The molecule has 0 bridgehead atoms. The fourth-order valence-electron chi connectivity index (χ4n) is 2.93. The van der Waals surface area contributed by atoms with Gasteiger partial charge in [0.05, 0.1) is 25.9 Å². The summed E-state index contributed by atoms with van der Waals surface area (Å²) in [6.45, 7) is 4.22. The molecule has 2 heterocycles. The van der Waals surface area contributed by atoms with Crippen molar-refractivity contribution in [2.24, 2.45) is 0 Å². The molecule has 0 radical (unpaired) electrons. The van der Waals surface area contributed by atoms with Crippen LogP contribution in [-0.2, 0) is 16.1 Å². The van der Waals surface area contributed by atoms with Gasteiger partial charge in [0.25, 0.3) is 0 Å². The van der Waals surface area contributed by atoms with Gasteiger partial charge in [-0.3, -0.25) is 0 Å². The van der Waals surface area contributed by atoms with Gasteiger partial charge in [-0.1, -0.05) is 11.6 Å². The maximum absolute atomic E-state index is 11.6. The van der Waals surface area contributed by atoms with Crippen LogP contribution in [0.25, 0.3) is 10.9 Å². The van der Waals surface area contributed by atoms with Crippen LogP contribution in [-0.4, -0.2) is 35.8 Å². The molecule has 3 aromatic rings. The lowest BCUT2D eigenvalue weighted by Gasteiger charge is -2.15. The van der Waals surface area contributed by atoms with E-state index in [1.807, 2.05) is 19.1 Å². The first-order valence-corrected chi connectivity index (χ1v) is 8.83. The Morgan fingerprint density at radius 1 is 1.26 bits per heavy atom. The van der Waals surface area contributed by atoms with Crippen LogP contribution in [0.1, 0.15) is 18.2 Å². The van der Waals surface area contributed by atoms with Crippen LogP contribution >= 0.6 is 11.6 Å². The lowest BCUT2D eigenvalue weighted by Crippen LogP contribution is -2.24. The molecule has 27 heavy (non-hydrogen) atoms. The topological polar surface area (TPSA) is 62.6 Å². The molecule has 7 heteroatoms. The standard InChI is InChI=1S/C20H21ClN2O4/c1-12-7-14-9-19(25-3)22-10-18(14)23(12)11-15-8-16(5-6-17(15)21)27-13(2)20(24)26-4/h5-10,13H,11H2,1-4H3/t13-/m1/s1. The number of aromatic nitrogens is 2. The van der Waals surface area contributed by atoms with E-state index in [0.717, 1.165) is 22.2 Å². The number of fused-ring (bicyclic) bond motifs is 1. The third-order valence-electron chi connectivity index (χ3n) is 4.37. The quantitative estimate of drug-likeness (QED) is 0.597. The number of aryl methyl sites for hydroxylation is 1. The van der Waals surface area contributed by atoms with E-state index in [4.69, 9.17) is 25.8 Å². The van der Waals surface area contributed by atoms with Crippen molar-refractivity contribution < 1.29 is 19.0 Å². The summed E-state index contributed by atoms with van der Waals surface area (Å²) >= 11 is 6.39. The smallest absolute Gasteiger partial charge is 0.346 e. The minimum Gasteiger partial charge on any atom is -0.481 e. The maximum atomic E-state index is 11.6. The second-order valence-electron chi connectivity index (χ2n) is 6.19. The number of rotatable bonds is 6. The average molecular weight is 389 g/mol. The number of halogens is 1. The van der Waals surface area contributed by atoms with Crippen LogP contribution in [0.2, 0.25) is 5.02 Å². The van der Waals surface area contributed by atoms with Gasteiger partial charge in [-0.05, 0) is 43.7 Å². The van der Waals surface area contributed by atoms with E-state index in [9.17, 15) is 4.79 Å². The molecule has 142 valence electrons. The number of methoxy groups -OCH3 is 2. The Labute approximate surface area is 162 Å². The molecule has 0 unspecified atom stereocenters. The van der Waals surface area contributed by atoms with E-state index < -0.39 is 12.1 Å². The molecule has 0 aliphatic rings. The summed E-state index contributed by atoms with van der Waals surface area (Å²) in [7, 11) is 2.93. The molecule has 0 saturated carbocycles. The van der Waals surface area contributed by atoms with Crippen LogP contribution in [0.4, 0.5) is 0 Å². The van der Waals surface area contributed by atoms with Gasteiger partial charge < -0.3 is 18.8 Å². The molecule has 6 nitrogen and oxygen atoms in total. The van der Waals surface area contributed by atoms with Crippen LogP contribution in [0.15, 0.2) is 36.5 Å². The van der Waals surface area contributed by atoms with Gasteiger partial charge in [-0.25, -0.2) is 9.78 Å². The molecular formula is C20H21ClN2O4. The van der Waals surface area contributed by atoms with Crippen molar-refractivity contribution in [3.05, 3.63) is 52.8 Å². The predicted molar refractivity (Wildman–Crippen MR) is 104 cm³/mol. The van der Waals surface area contributed by atoms with E-state index in [1.54, 1.807) is 32.4 Å². The molecule has 1 aromatic carbocycles. The number of benzene rings is 1. The third-order valence-corrected chi connectivity index (χ3v) is 4.74. The summed E-state index contributed by atoms with van der Waals surface area (Å²) in [5, 5.41) is 1.66. The van der Waals surface area contributed by atoms with Gasteiger partial charge >= 0.3 is 5.97 Å². The third kappa shape index (κ3) is 4.01. The number of carbonyl (C=O) groups is 1. The highest BCUT2D eigenvalue weighted by molar-refractivity contribution is 6.31. The Kier molecular flexibility index (Phi) is 5.56. The largest absolute Gasteiger partial charge is 0.481 e. The summed E-state index contributed by atoms with van der Waals surface area (Å²) in [4.78, 5) is 15.9. The van der Waals surface area contributed by atoms with E-state index in [0.29, 0.717) is 23.2 Å². The Morgan fingerprint density at radius 3 is 2.74 bits per heavy atom. The molecule has 0 spiro atoms. The minimum absolute atomic E-state index is 0.432. The number of hydrogen-bond donors (Lipinski definition) is 0. The molecule has 1 atom stereocenters. The first-order valence-electron chi connectivity index (χ1n) is 8.45. The summed E-state index contributed by atoms with van der Waals surface area (Å²) in [5.41, 5.74) is 2.94. The number of ether oxygens (including phenoxy) is 3. The minimum atomic E-state index is -0.699. The first kappa shape index (κ1) is 19.0. The first-order chi connectivity index (χ1) is 12.9. The van der Waals surface area contributed by atoms with Crippen molar-refractivity contribution in [2.75, 3.05) is 14.2 Å². The van der Waals surface area contributed by atoms with E-state index in [-0.39, 0.29) is 0 Å². The van der Waals surface area contributed by atoms with Gasteiger partial charge in [0.1, 0.15) is 5.75 Å². The van der Waals surface area contributed by atoms with E-state index in [1.165, 1.54) is 7.11 Å². The summed E-state index contributed by atoms with van der Waals surface area (Å²) in [5.74, 6) is 0.699. The van der Waals surface area contributed by atoms with Crippen molar-refractivity contribution in [3.8, 4) is 11.6 Å². The average Bonchev–Trinajstić information content (AvgIpc) is 2.97. The summed E-state index contributed by atoms with van der Waals surface area (Å²) in [6.07, 6.45) is 1.09. The molecule has 0 N–H and O–H groups in total. The lowest BCUT2D eigenvalue weighted by molar-refractivity contribution is -0.147. The van der Waals surface area contributed by atoms with Gasteiger partial charge in [-0.2, -0.15) is 0 Å². The zero-order valence-electron chi connectivity index (χ0n) is 15.7. The lowest BCUT2D eigenvalue weighted by atomic mass is 10.2. The Balaban J connectivity index is 1.91. The molecule has 0 aliphatic heterocycles. The van der Waals surface area contributed by atoms with Crippen molar-refractivity contribution >= 4 is 28.5 Å². The molecule has 0 saturated heterocycles. The van der Waals surface area contributed by atoms with Crippen molar-refractivity contribution in [2.45, 2.75) is 26.5 Å². The Bertz CT molecular complexity index is 984. The Hall–Kier alpha value is -2.73. The number of nitrogens with zero attached hydrogens (tertiary/aromatic N) is 2. The molecule has 3 rings (SSSR count). The van der Waals surface area contributed by atoms with Crippen LogP contribution in [0.5, 0.6) is 11.6 Å². The fourth-order valence-corrected chi connectivity index (χ4v) is 3.11. The van der Waals surface area contributed by atoms with E-state index >= 15 is 0 Å². The zero-order valence-corrected chi connectivity index (χ0v) is 16.4. The molecule has 0 aliphatic carbocycles. The highest BCUT2D eigenvalue weighted by atomic mass is 35.5. The monoisotopic (exact) mass is 388 g/mol. The second-order valence-corrected chi connectivity index (χ2v) is 6.60. The highest BCUT2D eigenvalue weighted by Gasteiger charge is 2.16. The number of hydrogen-bond acceptors (Lipinski definition) is 5. The molecule has 0 amide bonds. The van der Waals surface area contributed by atoms with Crippen molar-refractivity contribution in [1.29, 1.82) is 0 Å². The highest BCUT2D eigenvalue weighted by Crippen LogP contribution is 2.28. The summed E-state index contributed by atoms with van der Waals surface area (Å²) in [6, 6.07) is 9.31. The number of carbonyl (C=O) groups excluding carboxylic acids is 1. The van der Waals surface area contributed by atoms with Gasteiger partial charge in [0.2, 0.25) is 5.88 Å². The van der Waals surface area contributed by atoms with Crippen LogP contribution < -0.4 is 9.47 Å². The zero-order chi connectivity index (χ0) is 19.6. The molecule has 2 aromatic heterocycles. The van der Waals surface area contributed by atoms with Crippen molar-refractivity contribution in [3.63, 3.8) is 0 Å². The van der Waals surface area contributed by atoms with Gasteiger partial charge in [0, 0.05) is 28.7 Å². The van der Waals surface area contributed by atoms with Crippen LogP contribution in [0.3, 0.4) is 0 Å². The van der Waals surface area contributed by atoms with Crippen LogP contribution in [0, 0.1) is 6.92 Å². The molecule has 0 fully saturated rings. The van der Waals surface area contributed by atoms with E-state index in [2.05, 4.69) is 15.6 Å². The normalized spacial score (nSPS) is 12.0. The van der Waals surface area contributed by atoms with Gasteiger partial charge in [0.15, 0.2) is 6.10 Å². The summed E-state index contributed by atoms with van der Waals surface area (Å²) < 4.78 is 17.7. The van der Waals surface area contributed by atoms with Crippen molar-refractivity contribution in [1.82, 2.24) is 9.55 Å². The predicted octanol–water partition coefficient (Wildman–Crippen LogP) is 4.00. The van der Waals surface area contributed by atoms with Gasteiger partial charge in [-0.15, -0.1) is 0 Å². The number of pyridine rings is 1.